The topological polar surface area (TPSA) is 75.9 Å². The maximum absolute atomic E-state index is 5.69. The highest BCUT2D eigenvalue weighted by molar-refractivity contribution is 9.11. The summed E-state index contributed by atoms with van der Waals surface area (Å²) in [5.41, 5.74) is 6.59. The Morgan fingerprint density at radius 2 is 1.79 bits per heavy atom. The molecule has 0 amide bonds. The Balaban J connectivity index is 2.33. The van der Waals surface area contributed by atoms with Crippen molar-refractivity contribution in [1.82, 2.24) is 9.97 Å². The number of halogens is 2. The Morgan fingerprint density at radius 3 is 2.42 bits per heavy atom. The van der Waals surface area contributed by atoms with E-state index in [1.54, 1.807) is 0 Å². The van der Waals surface area contributed by atoms with E-state index in [1.807, 2.05) is 31.2 Å². The Bertz CT molecular complexity index is 568. The van der Waals surface area contributed by atoms with E-state index in [9.17, 15) is 0 Å². The summed E-state index contributed by atoms with van der Waals surface area (Å²) < 4.78 is 1.87. The van der Waals surface area contributed by atoms with Crippen molar-refractivity contribution in [2.45, 2.75) is 6.92 Å². The van der Waals surface area contributed by atoms with Crippen molar-refractivity contribution in [3.63, 3.8) is 0 Å². The Morgan fingerprint density at radius 1 is 1.16 bits per heavy atom. The zero-order chi connectivity index (χ0) is 13.8. The predicted octanol–water partition coefficient (Wildman–Crippen LogP) is 3.76. The molecule has 0 atom stereocenters. The number of nitrogens with one attached hydrogen (secondary N) is 2. The fraction of sp³-hybridized carbons (Fsp3) is 0.167. The molecule has 0 aliphatic heterocycles. The largest absolute Gasteiger partial charge is 0.370 e. The van der Waals surface area contributed by atoms with E-state index in [0.717, 1.165) is 21.2 Å². The lowest BCUT2D eigenvalue weighted by molar-refractivity contribution is 1.12. The van der Waals surface area contributed by atoms with Gasteiger partial charge in [-0.15, -0.1) is 0 Å². The first kappa shape index (κ1) is 14.1. The van der Waals surface area contributed by atoms with Gasteiger partial charge in [-0.2, -0.15) is 9.97 Å². The second kappa shape index (κ2) is 6.21. The average Bonchev–Trinajstić information content (AvgIpc) is 2.34. The summed E-state index contributed by atoms with van der Waals surface area (Å²) in [5.74, 6) is 1.56. The lowest BCUT2D eigenvalue weighted by Crippen LogP contribution is -2.06. The molecule has 2 rings (SSSR count). The maximum atomic E-state index is 5.69. The van der Waals surface area contributed by atoms with Gasteiger partial charge in [-0.05, 0) is 50.9 Å². The van der Waals surface area contributed by atoms with Crippen LogP contribution >= 0.6 is 31.9 Å². The number of hydrogen-bond donors (Lipinski definition) is 3. The third kappa shape index (κ3) is 3.57. The second-order valence-corrected chi connectivity index (χ2v) is 5.46. The number of aromatic nitrogens is 2. The molecule has 4 N–H and O–H groups in total. The minimum atomic E-state index is 0.226. The van der Waals surface area contributed by atoms with Gasteiger partial charge in [0, 0.05) is 21.6 Å². The van der Waals surface area contributed by atoms with Gasteiger partial charge in [-0.1, -0.05) is 6.07 Å². The number of nitrogens with zero attached hydrogens (tertiary/aromatic N) is 2. The molecular formula is C12H13Br2N5. The zero-order valence-corrected chi connectivity index (χ0v) is 13.4. The Hall–Kier alpha value is -1.34. The van der Waals surface area contributed by atoms with Crippen LogP contribution in [0, 0.1) is 0 Å². The van der Waals surface area contributed by atoms with Gasteiger partial charge in [0.05, 0.1) is 5.69 Å². The standard InChI is InChI=1S/C12H13Br2N5/c1-2-16-9-6-10(19-12(15)18-9)17-11-7(13)4-3-5-8(11)14/h3-6H,2H2,1H3,(H4,15,16,17,18,19). The van der Waals surface area contributed by atoms with Crippen LogP contribution in [0.1, 0.15) is 6.92 Å². The van der Waals surface area contributed by atoms with Crippen LogP contribution in [0.25, 0.3) is 0 Å². The molecule has 5 nitrogen and oxygen atoms in total. The number of rotatable bonds is 4. The van der Waals surface area contributed by atoms with Gasteiger partial charge in [0.25, 0.3) is 0 Å². The molecule has 0 aliphatic rings. The molecule has 0 unspecified atom stereocenters. The molecule has 7 heteroatoms. The molecule has 0 spiro atoms. The average molecular weight is 387 g/mol. The van der Waals surface area contributed by atoms with Gasteiger partial charge in [0.1, 0.15) is 11.6 Å². The molecule has 0 aliphatic carbocycles. The molecule has 1 aromatic heterocycles. The molecule has 19 heavy (non-hydrogen) atoms. The third-order valence-electron chi connectivity index (χ3n) is 2.32. The normalized spacial score (nSPS) is 10.3. The Labute approximate surface area is 128 Å². The van der Waals surface area contributed by atoms with Crippen LogP contribution in [0.2, 0.25) is 0 Å². The van der Waals surface area contributed by atoms with Gasteiger partial charge in [-0.3, -0.25) is 0 Å². The minimum Gasteiger partial charge on any atom is -0.370 e. The molecule has 2 aromatic rings. The van der Waals surface area contributed by atoms with Crippen LogP contribution < -0.4 is 16.4 Å². The quantitative estimate of drug-likeness (QED) is 0.745. The summed E-state index contributed by atoms with van der Waals surface area (Å²) in [4.78, 5) is 8.27. The van der Waals surface area contributed by atoms with E-state index in [0.29, 0.717) is 11.6 Å². The smallest absolute Gasteiger partial charge is 0.223 e. The summed E-state index contributed by atoms with van der Waals surface area (Å²) >= 11 is 6.98. The first-order chi connectivity index (χ1) is 9.10. The third-order valence-corrected chi connectivity index (χ3v) is 3.64. The van der Waals surface area contributed by atoms with Crippen molar-refractivity contribution >= 4 is 55.1 Å². The van der Waals surface area contributed by atoms with E-state index >= 15 is 0 Å². The summed E-state index contributed by atoms with van der Waals surface area (Å²) in [6, 6.07) is 7.65. The summed E-state index contributed by atoms with van der Waals surface area (Å²) in [6.45, 7) is 2.77. The number of nitrogen functional groups attached to an aromatic ring is 1. The molecule has 0 bridgehead atoms. The number of para-hydroxylation sites is 1. The number of benzene rings is 1. The molecule has 1 heterocycles. The molecule has 1 aromatic carbocycles. The molecule has 0 radical (unpaired) electrons. The zero-order valence-electron chi connectivity index (χ0n) is 10.2. The Kier molecular flexibility index (Phi) is 4.60. The summed E-state index contributed by atoms with van der Waals surface area (Å²) in [5, 5.41) is 6.32. The van der Waals surface area contributed by atoms with Crippen molar-refractivity contribution in [1.29, 1.82) is 0 Å². The van der Waals surface area contributed by atoms with E-state index in [1.165, 1.54) is 0 Å². The van der Waals surface area contributed by atoms with E-state index in [-0.39, 0.29) is 5.95 Å². The van der Waals surface area contributed by atoms with Gasteiger partial charge < -0.3 is 16.4 Å². The van der Waals surface area contributed by atoms with Crippen molar-refractivity contribution in [3.05, 3.63) is 33.2 Å². The minimum absolute atomic E-state index is 0.226. The summed E-state index contributed by atoms with van der Waals surface area (Å²) in [6.07, 6.45) is 0. The van der Waals surface area contributed by atoms with Crippen LogP contribution in [0.15, 0.2) is 33.2 Å². The van der Waals surface area contributed by atoms with Crippen LogP contribution in [0.5, 0.6) is 0 Å². The first-order valence-electron chi connectivity index (χ1n) is 5.69. The number of anilines is 4. The monoisotopic (exact) mass is 385 g/mol. The van der Waals surface area contributed by atoms with Crippen LogP contribution in [-0.4, -0.2) is 16.5 Å². The number of hydrogen-bond acceptors (Lipinski definition) is 5. The lowest BCUT2D eigenvalue weighted by atomic mass is 10.3. The second-order valence-electron chi connectivity index (χ2n) is 3.75. The van der Waals surface area contributed by atoms with Crippen LogP contribution in [0.4, 0.5) is 23.3 Å². The van der Waals surface area contributed by atoms with Gasteiger partial charge in [0.15, 0.2) is 0 Å². The molecule has 0 saturated carbocycles. The predicted molar refractivity (Wildman–Crippen MR) is 85.7 cm³/mol. The van der Waals surface area contributed by atoms with Crippen LogP contribution in [0.3, 0.4) is 0 Å². The number of nitrogens with two attached hydrogens (primary N) is 1. The van der Waals surface area contributed by atoms with E-state index < -0.39 is 0 Å². The maximum Gasteiger partial charge on any atom is 0.223 e. The molecule has 100 valence electrons. The SMILES string of the molecule is CCNc1cc(Nc2c(Br)cccc2Br)nc(N)n1. The lowest BCUT2D eigenvalue weighted by Gasteiger charge is -2.11. The highest BCUT2D eigenvalue weighted by Crippen LogP contribution is 2.33. The molecular weight excluding hydrogens is 374 g/mol. The van der Waals surface area contributed by atoms with Crippen LogP contribution in [-0.2, 0) is 0 Å². The van der Waals surface area contributed by atoms with Gasteiger partial charge >= 0.3 is 0 Å². The fourth-order valence-corrected chi connectivity index (χ4v) is 2.74. The van der Waals surface area contributed by atoms with E-state index in [4.69, 9.17) is 5.73 Å². The summed E-state index contributed by atoms with van der Waals surface area (Å²) in [7, 11) is 0. The highest BCUT2D eigenvalue weighted by Gasteiger charge is 2.07. The molecule has 0 fully saturated rings. The van der Waals surface area contributed by atoms with Crippen molar-refractivity contribution in [2.75, 3.05) is 22.9 Å². The molecule has 0 saturated heterocycles. The van der Waals surface area contributed by atoms with E-state index in [2.05, 4.69) is 52.5 Å². The van der Waals surface area contributed by atoms with Gasteiger partial charge in [0.2, 0.25) is 5.95 Å². The van der Waals surface area contributed by atoms with Gasteiger partial charge in [-0.25, -0.2) is 0 Å². The van der Waals surface area contributed by atoms with Crippen molar-refractivity contribution in [3.8, 4) is 0 Å². The first-order valence-corrected chi connectivity index (χ1v) is 7.28. The highest BCUT2D eigenvalue weighted by atomic mass is 79.9. The van der Waals surface area contributed by atoms with Crippen molar-refractivity contribution < 1.29 is 0 Å². The fourth-order valence-electron chi connectivity index (χ4n) is 1.55. The van der Waals surface area contributed by atoms with Crippen molar-refractivity contribution in [2.24, 2.45) is 0 Å².